The molecule has 0 aromatic heterocycles. The maximum absolute atomic E-state index is 13.1. The lowest BCUT2D eigenvalue weighted by molar-refractivity contribution is -0.156. The molecule has 41 heavy (non-hydrogen) atoms. The van der Waals surface area contributed by atoms with Crippen molar-refractivity contribution in [3.05, 3.63) is 53.3 Å². The van der Waals surface area contributed by atoms with Gasteiger partial charge in [0.2, 0.25) is 0 Å². The van der Waals surface area contributed by atoms with Crippen molar-refractivity contribution in [1.82, 2.24) is 5.32 Å². The molecule has 1 aromatic rings. The van der Waals surface area contributed by atoms with Gasteiger partial charge in [0.05, 0.1) is 5.57 Å². The third-order valence-corrected chi connectivity index (χ3v) is 5.87. The molecule has 0 heterocycles. The minimum atomic E-state index is -0.899. The van der Waals surface area contributed by atoms with Gasteiger partial charge in [-0.1, -0.05) is 32.1 Å². The number of ether oxygens (including phenoxy) is 3. The zero-order valence-electron chi connectivity index (χ0n) is 25.9. The molecule has 1 aliphatic rings. The van der Waals surface area contributed by atoms with Crippen molar-refractivity contribution in [2.75, 3.05) is 13.2 Å². The lowest BCUT2D eigenvalue weighted by Crippen LogP contribution is -2.34. The van der Waals surface area contributed by atoms with Crippen LogP contribution in [-0.2, 0) is 25.5 Å². The Bertz CT molecular complexity index is 1180. The Morgan fingerprint density at radius 3 is 2.20 bits per heavy atom. The van der Waals surface area contributed by atoms with E-state index in [1.54, 1.807) is 72.8 Å². The molecule has 0 fully saturated rings. The molecule has 0 radical (unpaired) electrons. The standard InChI is InChI=1S/C32H46N2O7/c1-21(27-25(35)19-32(8,9)20-26(27)36)34-24(28(37)40-30(2,3)4)18-22-12-14-23(15-13-22)39-17-11-10-16-33-29(38)41-31(5,6)7/h10-15,24,35H,16-20H2,1-9H3,(H,33,38)/b11-10+,34-21?. The highest BCUT2D eigenvalue weighted by Crippen LogP contribution is 2.36. The van der Waals surface area contributed by atoms with Gasteiger partial charge in [0.15, 0.2) is 11.8 Å². The van der Waals surface area contributed by atoms with E-state index in [2.05, 4.69) is 10.3 Å². The number of esters is 1. The van der Waals surface area contributed by atoms with Gasteiger partial charge in [0, 0.05) is 31.5 Å². The molecule has 2 N–H and O–H groups in total. The van der Waals surface area contributed by atoms with Crippen LogP contribution in [0.4, 0.5) is 4.79 Å². The Hall–Kier alpha value is -3.62. The first-order valence-electron chi connectivity index (χ1n) is 13.9. The van der Waals surface area contributed by atoms with Crippen LogP contribution in [0.2, 0.25) is 0 Å². The highest BCUT2D eigenvalue weighted by molar-refractivity contribution is 6.22. The second-order valence-corrected chi connectivity index (χ2v) is 13.0. The van der Waals surface area contributed by atoms with E-state index in [4.69, 9.17) is 14.2 Å². The largest absolute Gasteiger partial charge is 0.511 e. The number of hydrogen-bond donors (Lipinski definition) is 2. The third kappa shape index (κ3) is 12.2. The molecule has 1 amide bonds. The summed E-state index contributed by atoms with van der Waals surface area (Å²) in [6.07, 6.45) is 4.00. The second kappa shape index (κ2) is 13.8. The van der Waals surface area contributed by atoms with E-state index in [1.807, 2.05) is 26.0 Å². The van der Waals surface area contributed by atoms with Crippen molar-refractivity contribution in [3.8, 4) is 5.75 Å². The molecule has 0 spiro atoms. The van der Waals surface area contributed by atoms with Crippen LogP contribution in [0.5, 0.6) is 5.75 Å². The molecule has 1 unspecified atom stereocenters. The first kappa shape index (κ1) is 33.6. The van der Waals surface area contributed by atoms with Crippen LogP contribution in [0.25, 0.3) is 0 Å². The minimum absolute atomic E-state index is 0.00612. The van der Waals surface area contributed by atoms with Crippen LogP contribution in [0.1, 0.15) is 80.7 Å². The summed E-state index contributed by atoms with van der Waals surface area (Å²) < 4.78 is 16.5. The quantitative estimate of drug-likeness (QED) is 0.199. The maximum atomic E-state index is 13.1. The van der Waals surface area contributed by atoms with Crippen molar-refractivity contribution in [1.29, 1.82) is 0 Å². The molecule has 0 aliphatic heterocycles. The van der Waals surface area contributed by atoms with Gasteiger partial charge in [0.1, 0.15) is 29.3 Å². The molecular formula is C32H46N2O7. The summed E-state index contributed by atoms with van der Waals surface area (Å²) >= 11 is 0. The average Bonchev–Trinajstić information content (AvgIpc) is 2.78. The van der Waals surface area contributed by atoms with Crippen LogP contribution in [-0.4, -0.2) is 59.1 Å². The molecule has 9 nitrogen and oxygen atoms in total. The van der Waals surface area contributed by atoms with Gasteiger partial charge < -0.3 is 24.6 Å². The topological polar surface area (TPSA) is 124 Å². The van der Waals surface area contributed by atoms with Crippen LogP contribution in [0.15, 0.2) is 52.7 Å². The van der Waals surface area contributed by atoms with E-state index in [1.165, 1.54) is 0 Å². The molecule has 226 valence electrons. The van der Waals surface area contributed by atoms with Gasteiger partial charge in [-0.2, -0.15) is 0 Å². The number of aliphatic hydroxyl groups excluding tert-OH is 1. The molecule has 1 aromatic carbocycles. The van der Waals surface area contributed by atoms with Gasteiger partial charge in [-0.05, 0) is 77.7 Å². The summed E-state index contributed by atoms with van der Waals surface area (Å²) in [4.78, 5) is 42.1. The fraction of sp³-hybridized carbons (Fsp3) is 0.562. The lowest BCUT2D eigenvalue weighted by atomic mass is 9.75. The number of amides is 1. The zero-order chi connectivity index (χ0) is 31.0. The maximum Gasteiger partial charge on any atom is 0.407 e. The Morgan fingerprint density at radius 1 is 1.02 bits per heavy atom. The van der Waals surface area contributed by atoms with E-state index in [0.29, 0.717) is 37.5 Å². The number of aliphatic imine (C=N–C) groups is 1. The molecule has 1 aliphatic carbocycles. The van der Waals surface area contributed by atoms with Crippen LogP contribution >= 0.6 is 0 Å². The van der Waals surface area contributed by atoms with Crippen LogP contribution in [0, 0.1) is 5.41 Å². The molecular weight excluding hydrogens is 524 g/mol. The number of nitrogens with one attached hydrogen (secondary N) is 1. The number of allylic oxidation sites excluding steroid dienone is 2. The highest BCUT2D eigenvalue weighted by Gasteiger charge is 2.35. The first-order valence-corrected chi connectivity index (χ1v) is 13.9. The minimum Gasteiger partial charge on any atom is -0.511 e. The Labute approximate surface area is 244 Å². The number of hydrogen-bond acceptors (Lipinski definition) is 8. The number of carbonyl (C=O) groups is 3. The van der Waals surface area contributed by atoms with Crippen molar-refractivity contribution < 1.29 is 33.7 Å². The molecule has 1 atom stereocenters. The summed E-state index contributed by atoms with van der Waals surface area (Å²) in [6.45, 7) is 16.9. The summed E-state index contributed by atoms with van der Waals surface area (Å²) in [7, 11) is 0. The number of rotatable bonds is 10. The average molecular weight is 571 g/mol. The van der Waals surface area contributed by atoms with Crippen LogP contribution < -0.4 is 10.1 Å². The molecule has 0 saturated heterocycles. The highest BCUT2D eigenvalue weighted by atomic mass is 16.6. The van der Waals surface area contributed by atoms with E-state index < -0.39 is 29.3 Å². The Balaban J connectivity index is 2.07. The predicted octanol–water partition coefficient (Wildman–Crippen LogP) is 6.06. The molecule has 2 rings (SSSR count). The Kier molecular flexibility index (Phi) is 11.3. The van der Waals surface area contributed by atoms with Crippen LogP contribution in [0.3, 0.4) is 0 Å². The smallest absolute Gasteiger partial charge is 0.407 e. The predicted molar refractivity (Wildman–Crippen MR) is 159 cm³/mol. The number of carbonyl (C=O) groups excluding carboxylic acids is 3. The number of aliphatic hydroxyl groups is 1. The van der Waals surface area contributed by atoms with Crippen molar-refractivity contribution in [3.63, 3.8) is 0 Å². The fourth-order valence-electron chi connectivity index (χ4n) is 4.25. The number of alkyl carbamates (subject to hydrolysis) is 1. The number of benzene rings is 1. The normalized spacial score (nSPS) is 16.9. The van der Waals surface area contributed by atoms with Gasteiger partial charge in [-0.15, -0.1) is 0 Å². The summed E-state index contributed by atoms with van der Waals surface area (Å²) in [5.41, 5.74) is -0.239. The lowest BCUT2D eigenvalue weighted by Gasteiger charge is -2.29. The van der Waals surface area contributed by atoms with Crippen molar-refractivity contribution in [2.45, 2.75) is 98.8 Å². The van der Waals surface area contributed by atoms with Crippen molar-refractivity contribution >= 4 is 23.6 Å². The third-order valence-electron chi connectivity index (χ3n) is 5.87. The van der Waals surface area contributed by atoms with E-state index >= 15 is 0 Å². The number of ketones is 1. The molecule has 9 heteroatoms. The van der Waals surface area contributed by atoms with Crippen molar-refractivity contribution in [2.24, 2.45) is 10.4 Å². The van der Waals surface area contributed by atoms with E-state index in [9.17, 15) is 19.5 Å². The number of nitrogens with zero attached hydrogens (tertiary/aromatic N) is 1. The number of Topliss-reactive ketones (excluding diaryl/α,β-unsaturated/α-hetero) is 1. The van der Waals surface area contributed by atoms with E-state index in [-0.39, 0.29) is 29.0 Å². The second-order valence-electron chi connectivity index (χ2n) is 13.0. The monoisotopic (exact) mass is 570 g/mol. The van der Waals surface area contributed by atoms with E-state index in [0.717, 1.165) is 5.56 Å². The van der Waals surface area contributed by atoms with Gasteiger partial charge in [0.25, 0.3) is 0 Å². The SMILES string of the molecule is CC(=NC(Cc1ccc(OC/C=C/CNC(=O)OC(C)(C)C)cc1)C(=O)OC(C)(C)C)C1=C(O)CC(C)(C)CC1=O. The summed E-state index contributed by atoms with van der Waals surface area (Å²) in [5.74, 6) is -0.0470. The summed E-state index contributed by atoms with van der Waals surface area (Å²) in [5, 5.41) is 13.2. The van der Waals surface area contributed by atoms with Gasteiger partial charge in [-0.25, -0.2) is 9.59 Å². The molecule has 0 bridgehead atoms. The first-order chi connectivity index (χ1) is 18.8. The fourth-order valence-corrected chi connectivity index (χ4v) is 4.25. The molecule has 0 saturated carbocycles. The zero-order valence-corrected chi connectivity index (χ0v) is 25.9. The summed E-state index contributed by atoms with van der Waals surface area (Å²) in [6, 6.07) is 6.38. The van der Waals surface area contributed by atoms with Gasteiger partial charge >= 0.3 is 12.1 Å². The Morgan fingerprint density at radius 2 is 1.63 bits per heavy atom. The van der Waals surface area contributed by atoms with Gasteiger partial charge in [-0.3, -0.25) is 9.79 Å².